The topological polar surface area (TPSA) is 50.9 Å². The SMILES string of the molecule is Cc1cc(CO)cnc1-n1nc(C)c(C)c1C. The van der Waals surface area contributed by atoms with Gasteiger partial charge in [0.05, 0.1) is 12.3 Å². The Morgan fingerprint density at radius 2 is 1.94 bits per heavy atom. The Kier molecular flexibility index (Phi) is 2.98. The number of rotatable bonds is 2. The molecule has 0 aromatic carbocycles. The van der Waals surface area contributed by atoms with Crippen LogP contribution in [0.2, 0.25) is 0 Å². The fraction of sp³-hybridized carbons (Fsp3) is 0.385. The second-order valence-corrected chi connectivity index (χ2v) is 4.35. The van der Waals surface area contributed by atoms with Crippen molar-refractivity contribution in [1.82, 2.24) is 14.8 Å². The molecule has 0 fully saturated rings. The molecule has 0 spiro atoms. The maximum absolute atomic E-state index is 9.06. The van der Waals surface area contributed by atoms with E-state index in [0.29, 0.717) is 0 Å². The third kappa shape index (κ3) is 1.96. The molecule has 0 aliphatic rings. The van der Waals surface area contributed by atoms with Crippen molar-refractivity contribution in [3.05, 3.63) is 40.3 Å². The first-order valence-electron chi connectivity index (χ1n) is 5.64. The van der Waals surface area contributed by atoms with E-state index in [9.17, 15) is 0 Å². The van der Waals surface area contributed by atoms with Gasteiger partial charge in [-0.2, -0.15) is 5.10 Å². The lowest BCUT2D eigenvalue weighted by atomic mass is 10.2. The Hall–Kier alpha value is -1.68. The summed E-state index contributed by atoms with van der Waals surface area (Å²) in [7, 11) is 0. The predicted octanol–water partition coefficient (Wildman–Crippen LogP) is 1.99. The molecule has 0 atom stereocenters. The number of hydrogen-bond donors (Lipinski definition) is 1. The van der Waals surface area contributed by atoms with E-state index in [-0.39, 0.29) is 6.61 Å². The molecule has 0 radical (unpaired) electrons. The molecule has 0 aliphatic carbocycles. The quantitative estimate of drug-likeness (QED) is 0.860. The largest absolute Gasteiger partial charge is 0.392 e. The Labute approximate surface area is 101 Å². The maximum Gasteiger partial charge on any atom is 0.156 e. The predicted molar refractivity (Wildman–Crippen MR) is 66.2 cm³/mol. The van der Waals surface area contributed by atoms with E-state index in [1.54, 1.807) is 6.20 Å². The Bertz CT molecular complexity index is 558. The van der Waals surface area contributed by atoms with Crippen molar-refractivity contribution in [2.45, 2.75) is 34.3 Å². The lowest BCUT2D eigenvalue weighted by Gasteiger charge is -2.08. The van der Waals surface area contributed by atoms with E-state index < -0.39 is 0 Å². The maximum atomic E-state index is 9.06. The normalized spacial score (nSPS) is 10.9. The third-order valence-electron chi connectivity index (χ3n) is 3.14. The van der Waals surface area contributed by atoms with E-state index in [1.807, 2.05) is 31.5 Å². The fourth-order valence-corrected chi connectivity index (χ4v) is 1.86. The van der Waals surface area contributed by atoms with Gasteiger partial charge in [0.15, 0.2) is 5.82 Å². The van der Waals surface area contributed by atoms with E-state index in [0.717, 1.165) is 28.3 Å². The van der Waals surface area contributed by atoms with Crippen molar-refractivity contribution in [1.29, 1.82) is 0 Å². The fourth-order valence-electron chi connectivity index (χ4n) is 1.86. The first-order chi connectivity index (χ1) is 8.04. The number of nitrogens with zero attached hydrogens (tertiary/aromatic N) is 3. The summed E-state index contributed by atoms with van der Waals surface area (Å²) in [6.07, 6.45) is 1.69. The molecule has 4 nitrogen and oxygen atoms in total. The molecule has 1 N–H and O–H groups in total. The lowest BCUT2D eigenvalue weighted by Crippen LogP contribution is -2.05. The van der Waals surface area contributed by atoms with Crippen LogP contribution in [0.15, 0.2) is 12.3 Å². The van der Waals surface area contributed by atoms with Crippen LogP contribution in [-0.4, -0.2) is 19.9 Å². The van der Waals surface area contributed by atoms with Crippen molar-refractivity contribution < 1.29 is 5.11 Å². The van der Waals surface area contributed by atoms with Gasteiger partial charge in [-0.1, -0.05) is 0 Å². The summed E-state index contributed by atoms with van der Waals surface area (Å²) in [6.45, 7) is 8.09. The zero-order chi connectivity index (χ0) is 12.6. The molecule has 4 heteroatoms. The highest BCUT2D eigenvalue weighted by Gasteiger charge is 2.12. The minimum atomic E-state index is 0.0181. The molecule has 2 aromatic rings. The first kappa shape index (κ1) is 11.8. The molecular weight excluding hydrogens is 214 g/mol. The van der Waals surface area contributed by atoms with Gasteiger partial charge in [0, 0.05) is 11.9 Å². The minimum Gasteiger partial charge on any atom is -0.392 e. The van der Waals surface area contributed by atoms with Crippen molar-refractivity contribution in [3.8, 4) is 5.82 Å². The smallest absolute Gasteiger partial charge is 0.156 e. The zero-order valence-corrected chi connectivity index (χ0v) is 10.7. The Balaban J connectivity index is 2.57. The monoisotopic (exact) mass is 231 g/mol. The average Bonchev–Trinajstić information content (AvgIpc) is 2.57. The highest BCUT2D eigenvalue weighted by Crippen LogP contribution is 2.18. The molecule has 17 heavy (non-hydrogen) atoms. The zero-order valence-electron chi connectivity index (χ0n) is 10.7. The van der Waals surface area contributed by atoms with Crippen LogP contribution in [0.1, 0.15) is 28.1 Å². The summed E-state index contributed by atoms with van der Waals surface area (Å²) in [4.78, 5) is 4.38. The van der Waals surface area contributed by atoms with Crippen LogP contribution in [0.25, 0.3) is 5.82 Å². The van der Waals surface area contributed by atoms with Gasteiger partial charge in [-0.3, -0.25) is 0 Å². The molecule has 0 saturated carbocycles. The summed E-state index contributed by atoms with van der Waals surface area (Å²) in [5.74, 6) is 0.830. The van der Waals surface area contributed by atoms with E-state index >= 15 is 0 Å². The van der Waals surface area contributed by atoms with Crippen molar-refractivity contribution in [3.63, 3.8) is 0 Å². The molecule has 2 rings (SSSR count). The van der Waals surface area contributed by atoms with Gasteiger partial charge in [-0.15, -0.1) is 0 Å². The summed E-state index contributed by atoms with van der Waals surface area (Å²) in [5.41, 5.74) is 5.16. The molecule has 0 unspecified atom stereocenters. The molecule has 0 saturated heterocycles. The van der Waals surface area contributed by atoms with Crippen LogP contribution in [-0.2, 0) is 6.61 Å². The standard InChI is InChI=1S/C13H17N3O/c1-8-5-12(7-17)6-14-13(8)16-11(4)9(2)10(3)15-16/h5-6,17H,7H2,1-4H3. The summed E-state index contributed by atoms with van der Waals surface area (Å²) < 4.78 is 1.86. The highest BCUT2D eigenvalue weighted by molar-refractivity contribution is 5.38. The van der Waals surface area contributed by atoms with E-state index in [4.69, 9.17) is 5.11 Å². The van der Waals surface area contributed by atoms with Gasteiger partial charge in [-0.25, -0.2) is 9.67 Å². The van der Waals surface area contributed by atoms with Crippen molar-refractivity contribution in [2.75, 3.05) is 0 Å². The average molecular weight is 231 g/mol. The lowest BCUT2D eigenvalue weighted by molar-refractivity contribution is 0.281. The van der Waals surface area contributed by atoms with Crippen LogP contribution in [0.5, 0.6) is 0 Å². The highest BCUT2D eigenvalue weighted by atomic mass is 16.3. The summed E-state index contributed by atoms with van der Waals surface area (Å²) in [6, 6.07) is 1.94. The number of aryl methyl sites for hydroxylation is 2. The minimum absolute atomic E-state index is 0.0181. The van der Waals surface area contributed by atoms with Gasteiger partial charge in [0.25, 0.3) is 0 Å². The Morgan fingerprint density at radius 3 is 2.41 bits per heavy atom. The number of aliphatic hydroxyl groups is 1. The van der Waals surface area contributed by atoms with E-state index in [1.165, 1.54) is 5.56 Å². The van der Waals surface area contributed by atoms with Gasteiger partial charge < -0.3 is 5.11 Å². The van der Waals surface area contributed by atoms with Crippen LogP contribution in [0.4, 0.5) is 0 Å². The van der Waals surface area contributed by atoms with Crippen LogP contribution < -0.4 is 0 Å². The molecule has 0 bridgehead atoms. The number of pyridine rings is 1. The number of aromatic nitrogens is 3. The van der Waals surface area contributed by atoms with Crippen LogP contribution in [0.3, 0.4) is 0 Å². The van der Waals surface area contributed by atoms with Gasteiger partial charge in [0.1, 0.15) is 0 Å². The second-order valence-electron chi connectivity index (χ2n) is 4.35. The number of aliphatic hydroxyl groups excluding tert-OH is 1. The molecular formula is C13H17N3O. The second kappa shape index (κ2) is 4.30. The molecule has 90 valence electrons. The Morgan fingerprint density at radius 1 is 1.24 bits per heavy atom. The third-order valence-corrected chi connectivity index (χ3v) is 3.14. The molecule has 2 heterocycles. The van der Waals surface area contributed by atoms with E-state index in [2.05, 4.69) is 17.0 Å². The summed E-state index contributed by atoms with van der Waals surface area (Å²) in [5, 5.41) is 13.6. The van der Waals surface area contributed by atoms with Crippen molar-refractivity contribution in [2.24, 2.45) is 0 Å². The van der Waals surface area contributed by atoms with Gasteiger partial charge in [-0.05, 0) is 50.5 Å². The summed E-state index contributed by atoms with van der Waals surface area (Å²) >= 11 is 0. The van der Waals surface area contributed by atoms with Crippen LogP contribution >= 0.6 is 0 Å². The van der Waals surface area contributed by atoms with Gasteiger partial charge in [0.2, 0.25) is 0 Å². The molecule has 0 amide bonds. The molecule has 2 aromatic heterocycles. The number of hydrogen-bond acceptors (Lipinski definition) is 3. The first-order valence-corrected chi connectivity index (χ1v) is 5.64. The van der Waals surface area contributed by atoms with Gasteiger partial charge >= 0.3 is 0 Å². The molecule has 0 aliphatic heterocycles. The van der Waals surface area contributed by atoms with Crippen molar-refractivity contribution >= 4 is 0 Å². The van der Waals surface area contributed by atoms with Crippen LogP contribution in [0, 0.1) is 27.7 Å².